The maximum atomic E-state index is 11.7. The van der Waals surface area contributed by atoms with Gasteiger partial charge in [0.05, 0.1) is 0 Å². The average molecular weight is 264 g/mol. The Hall–Kier alpha value is -2.06. The molecule has 0 radical (unpaired) electrons. The number of anilines is 3. The molecule has 1 aliphatic rings. The predicted octanol–water partition coefficient (Wildman–Crippen LogP) is 0.0880. The molecular weight excluding hydrogens is 252 g/mol. The van der Waals surface area contributed by atoms with Crippen molar-refractivity contribution in [3.63, 3.8) is 0 Å². The SMILES string of the molecule is Nc1nc2c(c(=O)[nH]1)NC(N)N2Cc1ccsc1. The molecule has 0 aliphatic carbocycles. The fraction of sp³-hybridized carbons (Fsp3) is 0.200. The first-order valence-electron chi connectivity index (χ1n) is 5.35. The van der Waals surface area contributed by atoms with Crippen LogP contribution in [-0.4, -0.2) is 16.3 Å². The first kappa shape index (κ1) is 11.1. The molecule has 0 fully saturated rings. The number of H-pyrrole nitrogens is 1. The van der Waals surface area contributed by atoms with Gasteiger partial charge in [0.1, 0.15) is 5.69 Å². The molecule has 0 spiro atoms. The number of hydrogen-bond donors (Lipinski definition) is 4. The van der Waals surface area contributed by atoms with Crippen LogP contribution < -0.4 is 27.2 Å². The zero-order chi connectivity index (χ0) is 12.7. The molecule has 6 N–H and O–H groups in total. The predicted molar refractivity (Wildman–Crippen MR) is 71.4 cm³/mol. The van der Waals surface area contributed by atoms with Crippen LogP contribution in [0, 0.1) is 0 Å². The normalized spacial score (nSPS) is 17.6. The first-order valence-corrected chi connectivity index (χ1v) is 6.29. The Morgan fingerprint density at radius 2 is 2.39 bits per heavy atom. The maximum Gasteiger partial charge on any atom is 0.277 e. The fourth-order valence-corrected chi connectivity index (χ4v) is 2.59. The quantitative estimate of drug-likeness (QED) is 0.611. The van der Waals surface area contributed by atoms with Crippen LogP contribution >= 0.6 is 11.3 Å². The van der Waals surface area contributed by atoms with Gasteiger partial charge in [-0.25, -0.2) is 0 Å². The van der Waals surface area contributed by atoms with Crippen molar-refractivity contribution < 1.29 is 0 Å². The summed E-state index contributed by atoms with van der Waals surface area (Å²) in [5, 5.41) is 6.92. The van der Waals surface area contributed by atoms with Gasteiger partial charge in [-0.15, -0.1) is 0 Å². The Bertz CT molecular complexity index is 622. The van der Waals surface area contributed by atoms with E-state index in [4.69, 9.17) is 11.5 Å². The Kier molecular flexibility index (Phi) is 2.46. The number of nitrogens with zero attached hydrogens (tertiary/aromatic N) is 2. The standard InChI is InChI=1S/C10H12N6OS/c11-9-14-7-6(8(17)15-9)13-10(12)16(7)3-5-1-2-18-4-5/h1-2,4,10,13H,3,12H2,(H3,11,14,15,17). The Balaban J connectivity index is 2.01. The lowest BCUT2D eigenvalue weighted by molar-refractivity contribution is 0.692. The molecule has 1 unspecified atom stereocenters. The van der Waals surface area contributed by atoms with Crippen molar-refractivity contribution in [3.8, 4) is 0 Å². The summed E-state index contributed by atoms with van der Waals surface area (Å²) in [7, 11) is 0. The maximum absolute atomic E-state index is 11.7. The summed E-state index contributed by atoms with van der Waals surface area (Å²) < 4.78 is 0. The molecule has 0 bridgehead atoms. The highest BCUT2D eigenvalue weighted by Crippen LogP contribution is 2.29. The number of thiophene rings is 1. The summed E-state index contributed by atoms with van der Waals surface area (Å²) in [6.07, 6.45) is -0.477. The van der Waals surface area contributed by atoms with E-state index < -0.39 is 6.29 Å². The van der Waals surface area contributed by atoms with Crippen LogP contribution in [0.25, 0.3) is 0 Å². The van der Waals surface area contributed by atoms with Gasteiger partial charge in [0.15, 0.2) is 12.1 Å². The average Bonchev–Trinajstić information content (AvgIpc) is 2.91. The summed E-state index contributed by atoms with van der Waals surface area (Å²) >= 11 is 1.61. The van der Waals surface area contributed by atoms with Crippen LogP contribution in [0.1, 0.15) is 5.56 Å². The van der Waals surface area contributed by atoms with Gasteiger partial charge in [-0.1, -0.05) is 0 Å². The minimum atomic E-state index is -0.477. The molecule has 0 saturated carbocycles. The number of aromatic amines is 1. The van der Waals surface area contributed by atoms with Crippen molar-refractivity contribution >= 4 is 28.8 Å². The molecule has 1 atom stereocenters. The van der Waals surface area contributed by atoms with Gasteiger partial charge in [-0.05, 0) is 22.4 Å². The van der Waals surface area contributed by atoms with Crippen molar-refractivity contribution in [1.82, 2.24) is 9.97 Å². The molecule has 3 rings (SSSR count). The summed E-state index contributed by atoms with van der Waals surface area (Å²) in [6.45, 7) is 0.584. The smallest absolute Gasteiger partial charge is 0.277 e. The molecule has 94 valence electrons. The molecule has 2 aromatic rings. The molecule has 2 aromatic heterocycles. The summed E-state index contributed by atoms with van der Waals surface area (Å²) in [4.78, 5) is 20.1. The van der Waals surface area contributed by atoms with Crippen LogP contribution in [-0.2, 0) is 6.54 Å². The van der Waals surface area contributed by atoms with E-state index in [0.29, 0.717) is 18.1 Å². The minimum absolute atomic E-state index is 0.0879. The largest absolute Gasteiger partial charge is 0.369 e. The summed E-state index contributed by atoms with van der Waals surface area (Å²) in [6, 6.07) is 2.01. The van der Waals surface area contributed by atoms with Crippen molar-refractivity contribution in [2.75, 3.05) is 16.0 Å². The number of fused-ring (bicyclic) bond motifs is 1. The number of nitrogens with two attached hydrogens (primary N) is 2. The molecule has 0 aromatic carbocycles. The third-order valence-electron chi connectivity index (χ3n) is 2.75. The zero-order valence-electron chi connectivity index (χ0n) is 9.38. The van der Waals surface area contributed by atoms with Crippen molar-refractivity contribution in [3.05, 3.63) is 32.7 Å². The molecule has 7 nitrogen and oxygen atoms in total. The first-order chi connectivity index (χ1) is 8.65. The van der Waals surface area contributed by atoms with Crippen LogP contribution in [0.2, 0.25) is 0 Å². The highest BCUT2D eigenvalue weighted by Gasteiger charge is 2.30. The second-order valence-electron chi connectivity index (χ2n) is 4.00. The Morgan fingerprint density at radius 3 is 3.11 bits per heavy atom. The number of nitrogens with one attached hydrogen (secondary N) is 2. The number of aromatic nitrogens is 2. The van der Waals surface area contributed by atoms with Crippen LogP contribution in [0.5, 0.6) is 0 Å². The van der Waals surface area contributed by atoms with Crippen molar-refractivity contribution in [1.29, 1.82) is 0 Å². The lowest BCUT2D eigenvalue weighted by Gasteiger charge is -2.21. The van der Waals surface area contributed by atoms with Crippen LogP contribution in [0.3, 0.4) is 0 Å². The van der Waals surface area contributed by atoms with E-state index in [1.165, 1.54) is 0 Å². The zero-order valence-corrected chi connectivity index (χ0v) is 10.2. The van der Waals surface area contributed by atoms with Gasteiger partial charge in [0, 0.05) is 6.54 Å². The lowest BCUT2D eigenvalue weighted by Crippen LogP contribution is -2.42. The van der Waals surface area contributed by atoms with E-state index in [1.807, 2.05) is 21.7 Å². The number of hydrogen-bond acceptors (Lipinski definition) is 7. The van der Waals surface area contributed by atoms with E-state index >= 15 is 0 Å². The van der Waals surface area contributed by atoms with Crippen LogP contribution in [0.15, 0.2) is 21.6 Å². The third-order valence-corrected chi connectivity index (χ3v) is 3.48. The number of nitrogen functional groups attached to an aromatic ring is 1. The highest BCUT2D eigenvalue weighted by molar-refractivity contribution is 7.07. The van der Waals surface area contributed by atoms with Gasteiger partial charge in [-0.2, -0.15) is 16.3 Å². The number of rotatable bonds is 2. The molecule has 1 aliphatic heterocycles. The Labute approximate surface area is 106 Å². The minimum Gasteiger partial charge on any atom is -0.369 e. The lowest BCUT2D eigenvalue weighted by atomic mass is 10.3. The molecular formula is C10H12N6OS. The van der Waals surface area contributed by atoms with Crippen molar-refractivity contribution in [2.45, 2.75) is 12.8 Å². The molecule has 8 heteroatoms. The fourth-order valence-electron chi connectivity index (χ4n) is 1.93. The van der Waals surface area contributed by atoms with E-state index in [0.717, 1.165) is 5.56 Å². The monoisotopic (exact) mass is 264 g/mol. The van der Waals surface area contributed by atoms with E-state index in [9.17, 15) is 4.79 Å². The molecule has 0 amide bonds. The second kappa shape index (κ2) is 4.00. The Morgan fingerprint density at radius 1 is 1.56 bits per heavy atom. The van der Waals surface area contributed by atoms with Gasteiger partial charge < -0.3 is 16.0 Å². The van der Waals surface area contributed by atoms with E-state index in [2.05, 4.69) is 15.3 Å². The van der Waals surface area contributed by atoms with Crippen LogP contribution in [0.4, 0.5) is 17.5 Å². The molecule has 3 heterocycles. The third kappa shape index (κ3) is 1.71. The van der Waals surface area contributed by atoms with Gasteiger partial charge in [0.2, 0.25) is 5.95 Å². The van der Waals surface area contributed by atoms with Gasteiger partial charge in [-0.3, -0.25) is 15.5 Å². The second-order valence-corrected chi connectivity index (χ2v) is 4.78. The summed E-state index contributed by atoms with van der Waals surface area (Å²) in [5.74, 6) is 0.583. The molecule has 0 saturated heterocycles. The molecule has 18 heavy (non-hydrogen) atoms. The van der Waals surface area contributed by atoms with Gasteiger partial charge >= 0.3 is 0 Å². The topological polar surface area (TPSA) is 113 Å². The van der Waals surface area contributed by atoms with Gasteiger partial charge in [0.25, 0.3) is 5.56 Å². The van der Waals surface area contributed by atoms with E-state index in [1.54, 1.807) is 11.3 Å². The highest BCUT2D eigenvalue weighted by atomic mass is 32.1. The van der Waals surface area contributed by atoms with Crippen molar-refractivity contribution in [2.24, 2.45) is 5.73 Å². The summed E-state index contributed by atoms with van der Waals surface area (Å²) in [5.41, 5.74) is 12.7. The van der Waals surface area contributed by atoms with E-state index in [-0.39, 0.29) is 11.5 Å².